The molecule has 0 aliphatic rings. The average molecular weight is 282 g/mol. The molecule has 9 heteroatoms. The number of nitrogen functional groups attached to an aromatic ring is 1. The van der Waals surface area contributed by atoms with Crippen LogP contribution >= 0.6 is 0 Å². The molecule has 0 unspecified atom stereocenters. The molecule has 8 nitrogen and oxygen atoms in total. The van der Waals surface area contributed by atoms with E-state index >= 15 is 0 Å². The van der Waals surface area contributed by atoms with Crippen LogP contribution in [0.2, 0.25) is 0 Å². The summed E-state index contributed by atoms with van der Waals surface area (Å²) < 4.78 is 28.1. The highest BCUT2D eigenvalue weighted by molar-refractivity contribution is 7.89. The number of sulfonamides is 1. The normalized spacial score (nSPS) is 11.5. The first-order valence-corrected chi connectivity index (χ1v) is 6.90. The number of hydrogen-bond acceptors (Lipinski definition) is 6. The smallest absolute Gasteiger partial charge is 0.240 e. The highest BCUT2D eigenvalue weighted by atomic mass is 32.2. The molecule has 1 heterocycles. The quantitative estimate of drug-likeness (QED) is 0.507. The number of rotatable bonds is 5. The van der Waals surface area contributed by atoms with Crippen LogP contribution < -0.4 is 16.0 Å². The molecule has 0 amide bonds. The minimum atomic E-state index is -3.58. The summed E-state index contributed by atoms with van der Waals surface area (Å²) in [5.41, 5.74) is 3.06. The number of hydrazine groups is 1. The van der Waals surface area contributed by atoms with Crippen molar-refractivity contribution < 1.29 is 8.42 Å². The zero-order valence-corrected chi connectivity index (χ0v) is 11.1. The van der Waals surface area contributed by atoms with E-state index < -0.39 is 10.0 Å². The lowest BCUT2D eigenvalue weighted by atomic mass is 10.3. The van der Waals surface area contributed by atoms with Crippen LogP contribution in [0.5, 0.6) is 0 Å². The average Bonchev–Trinajstić information content (AvgIpc) is 2.82. The lowest BCUT2D eigenvalue weighted by Crippen LogP contribution is -2.24. The molecule has 102 valence electrons. The first-order valence-electron chi connectivity index (χ1n) is 5.42. The summed E-state index contributed by atoms with van der Waals surface area (Å²) >= 11 is 0. The summed E-state index contributed by atoms with van der Waals surface area (Å²) in [6.07, 6.45) is 1.51. The largest absolute Gasteiger partial charge is 0.324 e. The van der Waals surface area contributed by atoms with Crippen molar-refractivity contribution in [3.63, 3.8) is 0 Å². The number of nitrogens with one attached hydrogen (secondary N) is 2. The fourth-order valence-corrected chi connectivity index (χ4v) is 2.42. The van der Waals surface area contributed by atoms with Gasteiger partial charge in [0, 0.05) is 12.7 Å². The molecule has 1 aromatic carbocycles. The predicted octanol–water partition coefficient (Wildman–Crippen LogP) is -0.421. The third-order valence-electron chi connectivity index (χ3n) is 2.56. The number of nitrogens with zero attached hydrogens (tertiary/aromatic N) is 3. The van der Waals surface area contributed by atoms with Crippen LogP contribution in [-0.2, 0) is 23.6 Å². The van der Waals surface area contributed by atoms with Crippen LogP contribution in [0.3, 0.4) is 0 Å². The molecule has 0 saturated carbocycles. The molecular formula is C10H14N6O2S. The van der Waals surface area contributed by atoms with Gasteiger partial charge in [0.15, 0.2) is 0 Å². The Morgan fingerprint density at radius 2 is 2.00 bits per heavy atom. The third-order valence-corrected chi connectivity index (χ3v) is 3.97. The molecule has 4 N–H and O–H groups in total. The van der Waals surface area contributed by atoms with Gasteiger partial charge in [0.05, 0.1) is 11.4 Å². The summed E-state index contributed by atoms with van der Waals surface area (Å²) in [5.74, 6) is 5.75. The number of benzene rings is 1. The minimum Gasteiger partial charge on any atom is -0.324 e. The molecule has 0 spiro atoms. The van der Waals surface area contributed by atoms with Gasteiger partial charge in [0.2, 0.25) is 10.0 Å². The van der Waals surface area contributed by atoms with Gasteiger partial charge in [0.1, 0.15) is 12.2 Å². The minimum absolute atomic E-state index is 0.0791. The summed E-state index contributed by atoms with van der Waals surface area (Å²) in [6, 6.07) is 6.09. The molecule has 0 fully saturated rings. The van der Waals surface area contributed by atoms with Crippen molar-refractivity contribution in [1.82, 2.24) is 19.5 Å². The molecule has 0 saturated heterocycles. The van der Waals surface area contributed by atoms with Gasteiger partial charge in [0.25, 0.3) is 0 Å². The maximum absolute atomic E-state index is 12.0. The standard InChI is InChI=1S/C10H14N6O2S/c1-16-7-12-15-10(16)6-13-19(17,18)9-4-2-8(14-11)3-5-9/h2-5,7,13-14H,6,11H2,1H3. The number of hydrogen-bond donors (Lipinski definition) is 3. The van der Waals surface area contributed by atoms with Crippen LogP contribution in [0.1, 0.15) is 5.82 Å². The molecule has 0 radical (unpaired) electrons. The second-order valence-corrected chi connectivity index (χ2v) is 5.62. The zero-order valence-electron chi connectivity index (χ0n) is 10.2. The molecular weight excluding hydrogens is 268 g/mol. The Kier molecular flexibility index (Phi) is 3.79. The summed E-state index contributed by atoms with van der Waals surface area (Å²) in [7, 11) is -1.84. The van der Waals surface area contributed by atoms with E-state index in [2.05, 4.69) is 20.3 Å². The van der Waals surface area contributed by atoms with E-state index in [1.165, 1.54) is 18.5 Å². The summed E-state index contributed by atoms with van der Waals surface area (Å²) in [6.45, 7) is 0.0791. The summed E-state index contributed by atoms with van der Waals surface area (Å²) in [5, 5.41) is 7.47. The van der Waals surface area contributed by atoms with Crippen LogP contribution in [0.25, 0.3) is 0 Å². The van der Waals surface area contributed by atoms with Gasteiger partial charge < -0.3 is 9.99 Å². The van der Waals surface area contributed by atoms with Gasteiger partial charge >= 0.3 is 0 Å². The Bertz CT molecular complexity index is 649. The number of nitrogens with two attached hydrogens (primary N) is 1. The lowest BCUT2D eigenvalue weighted by Gasteiger charge is -2.07. The Morgan fingerprint density at radius 3 is 2.53 bits per heavy atom. The van der Waals surface area contributed by atoms with Gasteiger partial charge in [-0.2, -0.15) is 0 Å². The first kappa shape index (κ1) is 13.5. The molecule has 1 aromatic heterocycles. The molecule has 0 bridgehead atoms. The zero-order chi connectivity index (χ0) is 13.9. The van der Waals surface area contributed by atoms with Gasteiger partial charge in [-0.3, -0.25) is 5.84 Å². The van der Waals surface area contributed by atoms with Crippen molar-refractivity contribution in [3.8, 4) is 0 Å². The SMILES string of the molecule is Cn1cnnc1CNS(=O)(=O)c1ccc(NN)cc1. The van der Waals surface area contributed by atoms with Crippen LogP contribution in [0.4, 0.5) is 5.69 Å². The molecule has 19 heavy (non-hydrogen) atoms. The molecule has 0 atom stereocenters. The van der Waals surface area contributed by atoms with Crippen molar-refractivity contribution >= 4 is 15.7 Å². The second-order valence-electron chi connectivity index (χ2n) is 3.85. The Morgan fingerprint density at radius 1 is 1.32 bits per heavy atom. The first-order chi connectivity index (χ1) is 9.03. The fraction of sp³-hybridized carbons (Fsp3) is 0.200. The number of aromatic nitrogens is 3. The van der Waals surface area contributed by atoms with Crippen LogP contribution in [0.15, 0.2) is 35.5 Å². The topological polar surface area (TPSA) is 115 Å². The van der Waals surface area contributed by atoms with Gasteiger partial charge in [-0.1, -0.05) is 0 Å². The molecule has 2 aromatic rings. The maximum Gasteiger partial charge on any atom is 0.240 e. The van der Waals surface area contributed by atoms with E-state index in [9.17, 15) is 8.42 Å². The number of aryl methyl sites for hydroxylation is 1. The van der Waals surface area contributed by atoms with Gasteiger partial charge in [-0.25, -0.2) is 13.1 Å². The van der Waals surface area contributed by atoms with Crippen molar-refractivity contribution in [2.45, 2.75) is 11.4 Å². The van der Waals surface area contributed by atoms with Crippen molar-refractivity contribution in [2.75, 3.05) is 5.43 Å². The van der Waals surface area contributed by atoms with E-state index in [1.807, 2.05) is 0 Å². The monoisotopic (exact) mass is 282 g/mol. The predicted molar refractivity (Wildman–Crippen MR) is 69.3 cm³/mol. The van der Waals surface area contributed by atoms with E-state index in [-0.39, 0.29) is 11.4 Å². The molecule has 0 aliphatic carbocycles. The van der Waals surface area contributed by atoms with E-state index in [0.717, 1.165) is 0 Å². The second kappa shape index (κ2) is 5.34. The van der Waals surface area contributed by atoms with E-state index in [4.69, 9.17) is 5.84 Å². The van der Waals surface area contributed by atoms with Crippen molar-refractivity contribution in [2.24, 2.45) is 12.9 Å². The lowest BCUT2D eigenvalue weighted by molar-refractivity contribution is 0.577. The van der Waals surface area contributed by atoms with Crippen molar-refractivity contribution in [1.29, 1.82) is 0 Å². The van der Waals surface area contributed by atoms with Gasteiger partial charge in [-0.15, -0.1) is 10.2 Å². The highest BCUT2D eigenvalue weighted by Crippen LogP contribution is 2.13. The molecule has 2 rings (SSSR count). The highest BCUT2D eigenvalue weighted by Gasteiger charge is 2.14. The Balaban J connectivity index is 2.11. The van der Waals surface area contributed by atoms with E-state index in [1.54, 1.807) is 23.7 Å². The Hall–Kier alpha value is -1.97. The fourth-order valence-electron chi connectivity index (χ4n) is 1.44. The van der Waals surface area contributed by atoms with Crippen LogP contribution in [-0.4, -0.2) is 23.2 Å². The molecule has 0 aliphatic heterocycles. The van der Waals surface area contributed by atoms with E-state index in [0.29, 0.717) is 11.5 Å². The Labute approximate surface area is 110 Å². The number of anilines is 1. The third kappa shape index (κ3) is 3.08. The van der Waals surface area contributed by atoms with Gasteiger partial charge in [-0.05, 0) is 24.3 Å². The van der Waals surface area contributed by atoms with Crippen LogP contribution in [0, 0.1) is 0 Å². The maximum atomic E-state index is 12.0. The van der Waals surface area contributed by atoms with Crippen molar-refractivity contribution in [3.05, 3.63) is 36.4 Å². The summed E-state index contributed by atoms with van der Waals surface area (Å²) in [4.78, 5) is 0.161.